The molecule has 1 rings (SSSR count). The van der Waals surface area contributed by atoms with Crippen LogP contribution in [0.1, 0.15) is 19.4 Å². The summed E-state index contributed by atoms with van der Waals surface area (Å²) in [6.45, 7) is 6.76. The van der Waals surface area contributed by atoms with Gasteiger partial charge in [0.2, 0.25) is 5.88 Å². The third-order valence-corrected chi connectivity index (χ3v) is 2.55. The van der Waals surface area contributed by atoms with Crippen molar-refractivity contribution in [2.45, 2.75) is 20.4 Å². The lowest BCUT2D eigenvalue weighted by Crippen LogP contribution is -2.11. The van der Waals surface area contributed by atoms with Crippen molar-refractivity contribution in [1.29, 1.82) is 0 Å². The largest absolute Gasteiger partial charge is 0.475 e. The highest BCUT2D eigenvalue weighted by Crippen LogP contribution is 2.18. The summed E-state index contributed by atoms with van der Waals surface area (Å²) in [6, 6.07) is 1.85. The first kappa shape index (κ1) is 15.2. The van der Waals surface area contributed by atoms with Crippen molar-refractivity contribution in [3.63, 3.8) is 0 Å². The van der Waals surface area contributed by atoms with Crippen LogP contribution in [-0.4, -0.2) is 31.9 Å². The molecule has 0 amide bonds. The Bertz CT molecular complexity index is 359. The molecule has 0 bridgehead atoms. The molecule has 18 heavy (non-hydrogen) atoms. The van der Waals surface area contributed by atoms with Crippen LogP contribution in [0.5, 0.6) is 5.88 Å². The van der Waals surface area contributed by atoms with Gasteiger partial charge in [-0.05, 0) is 18.5 Å². The van der Waals surface area contributed by atoms with Gasteiger partial charge < -0.3 is 14.8 Å². The lowest BCUT2D eigenvalue weighted by atomic mass is 10.2. The summed E-state index contributed by atoms with van der Waals surface area (Å²) in [5.74, 6) is 1.12. The Labute approximate surface area is 114 Å². The molecule has 0 fully saturated rings. The fraction of sp³-hybridized carbons (Fsp3) is 0.615. The van der Waals surface area contributed by atoms with E-state index in [0.29, 0.717) is 36.6 Å². The van der Waals surface area contributed by atoms with E-state index in [1.807, 2.05) is 13.1 Å². The summed E-state index contributed by atoms with van der Waals surface area (Å²) in [5.41, 5.74) is 0.979. The fourth-order valence-corrected chi connectivity index (χ4v) is 1.56. The first-order valence-corrected chi connectivity index (χ1v) is 6.50. The summed E-state index contributed by atoms with van der Waals surface area (Å²) >= 11 is 6.01. The van der Waals surface area contributed by atoms with Crippen LogP contribution < -0.4 is 10.1 Å². The molecule has 0 atom stereocenters. The van der Waals surface area contributed by atoms with Crippen LogP contribution in [0.15, 0.2) is 12.3 Å². The second kappa shape index (κ2) is 8.29. The number of nitrogens with one attached hydrogen (secondary N) is 1. The fourth-order valence-electron chi connectivity index (χ4n) is 1.39. The van der Waals surface area contributed by atoms with E-state index in [0.717, 1.165) is 12.2 Å². The van der Waals surface area contributed by atoms with Crippen molar-refractivity contribution in [2.24, 2.45) is 5.92 Å². The second-order valence-electron chi connectivity index (χ2n) is 4.46. The number of hydrogen-bond acceptors (Lipinski definition) is 4. The highest BCUT2D eigenvalue weighted by molar-refractivity contribution is 6.31. The molecule has 5 heteroatoms. The molecule has 0 saturated carbocycles. The molecule has 4 nitrogen and oxygen atoms in total. The van der Waals surface area contributed by atoms with Gasteiger partial charge in [0, 0.05) is 25.4 Å². The third-order valence-electron chi connectivity index (χ3n) is 2.21. The molecular formula is C13H21ClN2O2. The molecule has 0 aromatic carbocycles. The average molecular weight is 273 g/mol. The van der Waals surface area contributed by atoms with Crippen molar-refractivity contribution >= 4 is 11.6 Å². The minimum atomic E-state index is 0.500. The molecule has 0 aliphatic heterocycles. The van der Waals surface area contributed by atoms with E-state index < -0.39 is 0 Å². The molecule has 1 heterocycles. The lowest BCUT2D eigenvalue weighted by molar-refractivity contribution is 0.0806. The topological polar surface area (TPSA) is 43.4 Å². The zero-order valence-electron chi connectivity index (χ0n) is 11.2. The Balaban J connectivity index is 2.35. The number of ether oxygens (including phenoxy) is 2. The van der Waals surface area contributed by atoms with E-state index in [9.17, 15) is 0 Å². The minimum absolute atomic E-state index is 0.500. The van der Waals surface area contributed by atoms with E-state index in [1.54, 1.807) is 6.20 Å². The van der Waals surface area contributed by atoms with Crippen LogP contribution in [0.2, 0.25) is 5.02 Å². The number of rotatable bonds is 8. The van der Waals surface area contributed by atoms with Gasteiger partial charge in [0.05, 0.1) is 11.6 Å². The molecule has 1 aromatic rings. The Kier molecular flexibility index (Phi) is 7.01. The Morgan fingerprint density at radius 2 is 2.17 bits per heavy atom. The van der Waals surface area contributed by atoms with E-state index in [1.165, 1.54) is 0 Å². The maximum Gasteiger partial charge on any atom is 0.213 e. The minimum Gasteiger partial charge on any atom is -0.475 e. The smallest absolute Gasteiger partial charge is 0.213 e. The van der Waals surface area contributed by atoms with Crippen LogP contribution in [0, 0.1) is 5.92 Å². The van der Waals surface area contributed by atoms with E-state index >= 15 is 0 Å². The van der Waals surface area contributed by atoms with Gasteiger partial charge in [0.1, 0.15) is 6.61 Å². The molecule has 1 aromatic heterocycles. The number of nitrogens with zero attached hydrogens (tertiary/aromatic N) is 1. The number of aromatic nitrogens is 1. The van der Waals surface area contributed by atoms with Gasteiger partial charge in [0.15, 0.2) is 0 Å². The van der Waals surface area contributed by atoms with Gasteiger partial charge in [0.25, 0.3) is 0 Å². The predicted octanol–water partition coefficient (Wildman–Crippen LogP) is 2.51. The first-order valence-electron chi connectivity index (χ1n) is 6.13. The third kappa shape index (κ3) is 5.67. The van der Waals surface area contributed by atoms with Gasteiger partial charge >= 0.3 is 0 Å². The van der Waals surface area contributed by atoms with Crippen molar-refractivity contribution < 1.29 is 9.47 Å². The zero-order chi connectivity index (χ0) is 13.4. The van der Waals surface area contributed by atoms with Gasteiger partial charge in [-0.3, -0.25) is 0 Å². The average Bonchev–Trinajstić information content (AvgIpc) is 2.32. The van der Waals surface area contributed by atoms with E-state index in [-0.39, 0.29) is 0 Å². The maximum atomic E-state index is 6.01. The van der Waals surface area contributed by atoms with Crippen LogP contribution in [0.25, 0.3) is 0 Å². The first-order chi connectivity index (χ1) is 8.63. The normalized spacial score (nSPS) is 10.9. The molecule has 0 aliphatic carbocycles. The SMILES string of the molecule is CNCc1cc(OCCOCC(C)C)ncc1Cl. The Morgan fingerprint density at radius 3 is 2.83 bits per heavy atom. The molecule has 102 valence electrons. The molecule has 0 radical (unpaired) electrons. The molecule has 1 N–H and O–H groups in total. The quantitative estimate of drug-likeness (QED) is 0.739. The van der Waals surface area contributed by atoms with Gasteiger partial charge in [-0.15, -0.1) is 0 Å². The van der Waals surface area contributed by atoms with Crippen LogP contribution in [-0.2, 0) is 11.3 Å². The van der Waals surface area contributed by atoms with Crippen LogP contribution in [0.4, 0.5) is 0 Å². The molecule has 0 saturated heterocycles. The summed E-state index contributed by atoms with van der Waals surface area (Å²) in [5, 5.41) is 3.69. The molecule has 0 spiro atoms. The standard InChI is InChI=1S/C13H21ClN2O2/c1-10(2)9-17-4-5-18-13-6-11(7-15-3)12(14)8-16-13/h6,8,10,15H,4-5,7,9H2,1-3H3. The zero-order valence-corrected chi connectivity index (χ0v) is 12.0. The summed E-state index contributed by atoms with van der Waals surface area (Å²) in [6.07, 6.45) is 1.61. The van der Waals surface area contributed by atoms with E-state index in [2.05, 4.69) is 24.1 Å². The number of pyridine rings is 1. The van der Waals surface area contributed by atoms with E-state index in [4.69, 9.17) is 21.1 Å². The summed E-state index contributed by atoms with van der Waals surface area (Å²) in [7, 11) is 1.87. The summed E-state index contributed by atoms with van der Waals surface area (Å²) in [4.78, 5) is 4.12. The predicted molar refractivity (Wildman–Crippen MR) is 73.2 cm³/mol. The van der Waals surface area contributed by atoms with Gasteiger partial charge in [-0.25, -0.2) is 4.98 Å². The highest BCUT2D eigenvalue weighted by Gasteiger charge is 2.03. The molecular weight excluding hydrogens is 252 g/mol. The Hall–Kier alpha value is -0.840. The number of hydrogen-bond donors (Lipinski definition) is 1. The lowest BCUT2D eigenvalue weighted by Gasteiger charge is -2.09. The van der Waals surface area contributed by atoms with Crippen LogP contribution in [0.3, 0.4) is 0 Å². The second-order valence-corrected chi connectivity index (χ2v) is 4.87. The van der Waals surface area contributed by atoms with Gasteiger partial charge in [-0.2, -0.15) is 0 Å². The van der Waals surface area contributed by atoms with Crippen molar-refractivity contribution in [1.82, 2.24) is 10.3 Å². The number of halogens is 1. The van der Waals surface area contributed by atoms with Crippen molar-refractivity contribution in [3.05, 3.63) is 22.8 Å². The maximum absolute atomic E-state index is 6.01. The highest BCUT2D eigenvalue weighted by atomic mass is 35.5. The molecule has 0 aliphatic rings. The van der Waals surface area contributed by atoms with Gasteiger partial charge in [-0.1, -0.05) is 25.4 Å². The molecule has 0 unspecified atom stereocenters. The summed E-state index contributed by atoms with van der Waals surface area (Å²) < 4.78 is 10.9. The monoisotopic (exact) mass is 272 g/mol. The Morgan fingerprint density at radius 1 is 1.39 bits per heavy atom. The van der Waals surface area contributed by atoms with Crippen molar-refractivity contribution in [2.75, 3.05) is 26.9 Å². The van der Waals surface area contributed by atoms with Crippen LogP contribution >= 0.6 is 11.6 Å². The van der Waals surface area contributed by atoms with Crippen molar-refractivity contribution in [3.8, 4) is 5.88 Å².